The number of rotatable bonds is 2. The third kappa shape index (κ3) is 3.00. The van der Waals surface area contributed by atoms with E-state index in [1.54, 1.807) is 12.3 Å². The summed E-state index contributed by atoms with van der Waals surface area (Å²) in [7, 11) is 0. The summed E-state index contributed by atoms with van der Waals surface area (Å²) in [5, 5.41) is 9.67. The van der Waals surface area contributed by atoms with Crippen LogP contribution in [0.5, 0.6) is 0 Å². The van der Waals surface area contributed by atoms with Gasteiger partial charge in [-0.1, -0.05) is 23.8 Å². The van der Waals surface area contributed by atoms with Crippen molar-refractivity contribution in [2.24, 2.45) is 5.92 Å². The van der Waals surface area contributed by atoms with Gasteiger partial charge in [0.15, 0.2) is 0 Å². The quantitative estimate of drug-likeness (QED) is 0.552. The van der Waals surface area contributed by atoms with Crippen molar-refractivity contribution in [3.63, 3.8) is 0 Å². The monoisotopic (exact) mass is 268 g/mol. The van der Waals surface area contributed by atoms with E-state index in [0.717, 1.165) is 25.3 Å². The van der Waals surface area contributed by atoms with Crippen molar-refractivity contribution < 1.29 is 36.1 Å². The average molecular weight is 269 g/mol. The molecule has 3 nitrogen and oxygen atoms in total. The smallest absolute Gasteiger partial charge is 1.00 e. The first-order chi connectivity index (χ1) is 7.22. The van der Waals surface area contributed by atoms with Crippen molar-refractivity contribution in [1.82, 2.24) is 4.98 Å². The Kier molecular flexibility index (Phi) is 5.77. The maximum Gasteiger partial charge on any atom is 1.00 e. The van der Waals surface area contributed by atoms with Gasteiger partial charge in [0.05, 0.1) is 9.53 Å². The van der Waals surface area contributed by atoms with E-state index in [1.165, 1.54) is 0 Å². The number of aliphatic hydroxyl groups excluding tert-OH is 1. The third-order valence-corrected chi connectivity index (χ3v) is 3.57. The molecular formula is C10H14ClN2NaOS. The van der Waals surface area contributed by atoms with E-state index < -0.39 is 0 Å². The number of nitrogens with one attached hydrogen (secondary N) is 1. The molecule has 1 aromatic heterocycles. The van der Waals surface area contributed by atoms with Crippen LogP contribution in [0, 0.1) is 10.4 Å². The predicted molar refractivity (Wildman–Crippen MR) is 65.2 cm³/mol. The Labute approximate surface area is 129 Å². The second-order valence-corrected chi connectivity index (χ2v) is 4.61. The van der Waals surface area contributed by atoms with Gasteiger partial charge in [-0.05, 0) is 12.5 Å². The summed E-state index contributed by atoms with van der Waals surface area (Å²) in [6.07, 6.45) is 2.80. The first-order valence-corrected chi connectivity index (χ1v) is 5.74. The zero-order valence-electron chi connectivity index (χ0n) is 10.2. The van der Waals surface area contributed by atoms with E-state index in [9.17, 15) is 0 Å². The van der Waals surface area contributed by atoms with Crippen molar-refractivity contribution in [2.45, 2.75) is 6.42 Å². The predicted octanol–water partition coefficient (Wildman–Crippen LogP) is -0.667. The molecular weight excluding hydrogens is 255 g/mol. The molecule has 1 fully saturated rings. The number of anilines is 1. The summed E-state index contributed by atoms with van der Waals surface area (Å²) in [6, 6.07) is 1.78. The molecule has 84 valence electrons. The van der Waals surface area contributed by atoms with Crippen molar-refractivity contribution >= 4 is 29.6 Å². The van der Waals surface area contributed by atoms with Crippen LogP contribution in [0.2, 0.25) is 5.02 Å². The molecule has 1 aliphatic heterocycles. The summed E-state index contributed by atoms with van der Waals surface area (Å²) in [4.78, 5) is 5.25. The van der Waals surface area contributed by atoms with E-state index in [-0.39, 0.29) is 37.6 Å². The summed E-state index contributed by atoms with van der Waals surface area (Å²) in [6.45, 7) is 1.99. The minimum absolute atomic E-state index is 0. The van der Waals surface area contributed by atoms with Crippen molar-refractivity contribution in [1.29, 1.82) is 0 Å². The van der Waals surface area contributed by atoms with Gasteiger partial charge < -0.3 is 16.4 Å². The molecule has 0 radical (unpaired) electrons. The Morgan fingerprint density at radius 1 is 1.69 bits per heavy atom. The number of nitrogens with zero attached hydrogens (tertiary/aromatic N) is 1. The fourth-order valence-electron chi connectivity index (χ4n) is 1.86. The molecule has 2 rings (SSSR count). The fourth-order valence-corrected chi connectivity index (χ4v) is 2.27. The van der Waals surface area contributed by atoms with Gasteiger partial charge in [0.25, 0.3) is 0 Å². The van der Waals surface area contributed by atoms with E-state index in [1.807, 2.05) is 0 Å². The number of aliphatic hydroxyl groups is 1. The van der Waals surface area contributed by atoms with Crippen LogP contribution in [-0.2, 0) is 0 Å². The first kappa shape index (κ1) is 14.5. The fraction of sp³-hybridized carbons (Fsp3) is 0.500. The Balaban J connectivity index is 0.00000128. The number of hydrogen-bond acceptors (Lipinski definition) is 3. The van der Waals surface area contributed by atoms with E-state index in [4.69, 9.17) is 28.9 Å². The standard InChI is InChI=1S/C10H13ClN2OS.Na.H/c11-9-8(15)1-3-12-10(9)13-4-2-7(5-13)6-14;;/h1,3,7,14H,2,4-6H2,(H,12,15);;/q;+1;-1/t7-;;/m0../s1. The van der Waals surface area contributed by atoms with Crippen LogP contribution >= 0.6 is 23.8 Å². The van der Waals surface area contributed by atoms with Gasteiger partial charge in [0.2, 0.25) is 0 Å². The molecule has 1 aromatic rings. The molecule has 16 heavy (non-hydrogen) atoms. The summed E-state index contributed by atoms with van der Waals surface area (Å²) >= 11 is 11.2. The van der Waals surface area contributed by atoms with Crippen LogP contribution in [-0.4, -0.2) is 29.8 Å². The van der Waals surface area contributed by atoms with E-state index >= 15 is 0 Å². The molecule has 1 atom stereocenters. The molecule has 1 saturated heterocycles. The zero-order valence-corrected chi connectivity index (χ0v) is 12.8. The van der Waals surface area contributed by atoms with Crippen LogP contribution in [0.3, 0.4) is 0 Å². The van der Waals surface area contributed by atoms with Gasteiger partial charge in [-0.2, -0.15) is 0 Å². The van der Waals surface area contributed by atoms with E-state index in [2.05, 4.69) is 9.88 Å². The Hall–Kier alpha value is 0.420. The number of aromatic nitrogens is 1. The van der Waals surface area contributed by atoms with Gasteiger partial charge in [0.1, 0.15) is 5.82 Å². The summed E-state index contributed by atoms with van der Waals surface area (Å²) in [5.41, 5.74) is 0. The molecule has 0 aliphatic carbocycles. The third-order valence-electron chi connectivity index (χ3n) is 2.74. The number of pyridine rings is 1. The Bertz CT molecular complexity index is 418. The molecule has 2 N–H and O–H groups in total. The molecule has 0 saturated carbocycles. The minimum Gasteiger partial charge on any atom is -1.00 e. The second kappa shape index (κ2) is 6.38. The molecule has 0 spiro atoms. The molecule has 0 amide bonds. The van der Waals surface area contributed by atoms with Gasteiger partial charge in [0, 0.05) is 31.8 Å². The molecule has 1 aliphatic rings. The van der Waals surface area contributed by atoms with Crippen LogP contribution < -0.4 is 34.5 Å². The van der Waals surface area contributed by atoms with Gasteiger partial charge >= 0.3 is 29.6 Å². The summed E-state index contributed by atoms with van der Waals surface area (Å²) < 4.78 is 0.665. The molecule has 0 bridgehead atoms. The minimum atomic E-state index is 0. The van der Waals surface area contributed by atoms with Gasteiger partial charge in [-0.15, -0.1) is 0 Å². The van der Waals surface area contributed by atoms with Crippen LogP contribution in [0.1, 0.15) is 7.85 Å². The number of halogens is 1. The maximum atomic E-state index is 9.06. The Morgan fingerprint density at radius 2 is 2.44 bits per heavy atom. The molecule has 0 unspecified atom stereocenters. The zero-order chi connectivity index (χ0) is 10.8. The second-order valence-electron chi connectivity index (χ2n) is 3.79. The van der Waals surface area contributed by atoms with Crippen LogP contribution in [0.25, 0.3) is 0 Å². The topological polar surface area (TPSA) is 39.3 Å². The number of aromatic amines is 1. The number of hydrogen-bond donors (Lipinski definition) is 2. The van der Waals surface area contributed by atoms with Gasteiger partial charge in [-0.3, -0.25) is 0 Å². The average Bonchev–Trinajstić information content (AvgIpc) is 2.70. The number of H-pyrrole nitrogens is 1. The van der Waals surface area contributed by atoms with Crippen molar-refractivity contribution in [3.8, 4) is 0 Å². The van der Waals surface area contributed by atoms with Crippen molar-refractivity contribution in [2.75, 3.05) is 24.6 Å². The van der Waals surface area contributed by atoms with Gasteiger partial charge in [-0.25, -0.2) is 0 Å². The van der Waals surface area contributed by atoms with Crippen LogP contribution in [0.4, 0.5) is 5.82 Å². The maximum absolute atomic E-state index is 9.06. The molecule has 0 aromatic carbocycles. The molecule has 2 heterocycles. The molecule has 6 heteroatoms. The normalized spacial score (nSPS) is 19.6. The van der Waals surface area contributed by atoms with Crippen LogP contribution in [0.15, 0.2) is 12.3 Å². The SMILES string of the molecule is OC[C@H]1CCN(c2[nH]ccc(=S)c2Cl)C1.[H-].[Na+]. The summed E-state index contributed by atoms with van der Waals surface area (Å²) in [5.74, 6) is 1.23. The van der Waals surface area contributed by atoms with Crippen molar-refractivity contribution in [3.05, 3.63) is 21.8 Å². The van der Waals surface area contributed by atoms with E-state index in [0.29, 0.717) is 15.5 Å². The largest absolute Gasteiger partial charge is 1.00 e. The Morgan fingerprint density at radius 3 is 3.06 bits per heavy atom. The first-order valence-electron chi connectivity index (χ1n) is 4.95.